The molecule has 0 saturated carbocycles. The average Bonchev–Trinajstić information content (AvgIpc) is 3.17. The molecule has 22 heavy (non-hydrogen) atoms. The summed E-state index contributed by atoms with van der Waals surface area (Å²) in [7, 11) is 0. The van der Waals surface area contributed by atoms with E-state index in [9.17, 15) is 9.59 Å². The van der Waals surface area contributed by atoms with Crippen molar-refractivity contribution in [1.82, 2.24) is 0 Å². The van der Waals surface area contributed by atoms with Gasteiger partial charge >= 0.3 is 11.7 Å². The number of hydrogen-bond donors (Lipinski definition) is 0. The van der Waals surface area contributed by atoms with Crippen molar-refractivity contribution in [2.24, 2.45) is 0 Å². The highest BCUT2D eigenvalue weighted by atomic mass is 32.1. The third-order valence-corrected chi connectivity index (χ3v) is 4.49. The molecule has 0 aliphatic carbocycles. The summed E-state index contributed by atoms with van der Waals surface area (Å²) in [5, 5.41) is 2.64. The van der Waals surface area contributed by atoms with Gasteiger partial charge in [0.25, 0.3) is 0 Å². The van der Waals surface area contributed by atoms with Crippen molar-refractivity contribution in [2.75, 3.05) is 18.1 Å². The third-order valence-electron chi connectivity index (χ3n) is 3.59. The molecule has 0 radical (unpaired) electrons. The maximum atomic E-state index is 12.2. The Morgan fingerprint density at radius 3 is 2.64 bits per heavy atom. The van der Waals surface area contributed by atoms with Crippen LogP contribution in [0.1, 0.15) is 0 Å². The molecule has 5 nitrogen and oxygen atoms in total. The van der Waals surface area contributed by atoms with E-state index in [-0.39, 0.29) is 5.88 Å². The minimum absolute atomic E-state index is 0.254. The molecule has 1 aliphatic heterocycles. The normalized spacial score (nSPS) is 14.5. The topological polar surface area (TPSA) is 59.8 Å². The summed E-state index contributed by atoms with van der Waals surface area (Å²) in [6.45, 7) is 0.662. The zero-order valence-electron chi connectivity index (χ0n) is 11.4. The van der Waals surface area contributed by atoms with Crippen molar-refractivity contribution in [1.29, 1.82) is 0 Å². The number of hydrogen-bond acceptors (Lipinski definition) is 5. The first-order valence-corrected chi connectivity index (χ1v) is 7.67. The van der Waals surface area contributed by atoms with E-state index in [1.54, 1.807) is 0 Å². The fourth-order valence-corrected chi connectivity index (χ4v) is 3.39. The molecule has 1 aliphatic rings. The molecule has 1 saturated heterocycles. The number of anilines is 1. The lowest BCUT2D eigenvalue weighted by atomic mass is 10.0. The van der Waals surface area contributed by atoms with Crippen LogP contribution in [0.5, 0.6) is 0 Å². The zero-order chi connectivity index (χ0) is 15.1. The predicted molar refractivity (Wildman–Crippen MR) is 84.5 cm³/mol. The van der Waals surface area contributed by atoms with Crippen molar-refractivity contribution in [3.05, 3.63) is 52.2 Å². The van der Waals surface area contributed by atoms with Gasteiger partial charge in [0.1, 0.15) is 11.3 Å². The second-order valence-electron chi connectivity index (χ2n) is 4.87. The van der Waals surface area contributed by atoms with Crippen molar-refractivity contribution >= 4 is 33.4 Å². The second-order valence-corrected chi connectivity index (χ2v) is 5.78. The molecule has 0 bridgehead atoms. The first-order valence-electron chi connectivity index (χ1n) is 6.80. The minimum Gasteiger partial charge on any atom is -0.447 e. The number of benzene rings is 1. The molecule has 3 heterocycles. The summed E-state index contributed by atoms with van der Waals surface area (Å²) in [6.07, 6.45) is -0.491. The van der Waals surface area contributed by atoms with E-state index in [2.05, 4.69) is 0 Å². The second kappa shape index (κ2) is 4.99. The largest absolute Gasteiger partial charge is 0.447 e. The number of nitrogens with zero attached hydrogens (tertiary/aromatic N) is 1. The van der Waals surface area contributed by atoms with Crippen LogP contribution < -0.4 is 10.5 Å². The van der Waals surface area contributed by atoms with Crippen LogP contribution in [0, 0.1) is 0 Å². The fraction of sp³-hybridized carbons (Fsp3) is 0.125. The molecule has 4 rings (SSSR count). The summed E-state index contributed by atoms with van der Waals surface area (Å²) in [4.78, 5) is 25.4. The molecule has 2 aromatic heterocycles. The highest BCUT2D eigenvalue weighted by Crippen LogP contribution is 2.38. The van der Waals surface area contributed by atoms with Crippen LogP contribution in [-0.2, 0) is 4.74 Å². The van der Waals surface area contributed by atoms with E-state index in [1.165, 1.54) is 16.2 Å². The van der Waals surface area contributed by atoms with Crippen LogP contribution in [0.3, 0.4) is 0 Å². The van der Waals surface area contributed by atoms with Gasteiger partial charge in [-0.2, -0.15) is 0 Å². The van der Waals surface area contributed by atoms with Gasteiger partial charge < -0.3 is 9.15 Å². The summed E-state index contributed by atoms with van der Waals surface area (Å²) >= 11 is 1.33. The van der Waals surface area contributed by atoms with Gasteiger partial charge in [0.15, 0.2) is 0 Å². The summed E-state index contributed by atoms with van der Waals surface area (Å²) in [5.41, 5.74) is 1.21. The predicted octanol–water partition coefficient (Wildman–Crippen LogP) is 3.48. The lowest BCUT2D eigenvalue weighted by Crippen LogP contribution is -2.25. The van der Waals surface area contributed by atoms with Gasteiger partial charge in [-0.15, -0.1) is 11.3 Å². The average molecular weight is 313 g/mol. The van der Waals surface area contributed by atoms with Gasteiger partial charge in [-0.25, -0.2) is 14.5 Å². The van der Waals surface area contributed by atoms with Crippen LogP contribution in [0.2, 0.25) is 0 Å². The van der Waals surface area contributed by atoms with Crippen LogP contribution in [0.15, 0.2) is 51.0 Å². The number of ether oxygens (including phenoxy) is 1. The van der Waals surface area contributed by atoms with E-state index >= 15 is 0 Å². The van der Waals surface area contributed by atoms with Gasteiger partial charge in [-0.3, -0.25) is 0 Å². The molecule has 0 atom stereocenters. The first kappa shape index (κ1) is 13.1. The van der Waals surface area contributed by atoms with Crippen molar-refractivity contribution < 1.29 is 13.9 Å². The maximum absolute atomic E-state index is 12.2. The standard InChI is InChI=1S/C16H11NO4S/c18-15-13-11(6-9-22-13)12(10-4-2-1-3-5-10)14(21-15)17-7-8-20-16(17)19/h1-6,9H,7-8H2. The van der Waals surface area contributed by atoms with E-state index in [4.69, 9.17) is 9.15 Å². The van der Waals surface area contributed by atoms with E-state index in [0.717, 1.165) is 16.5 Å². The van der Waals surface area contributed by atoms with Crippen molar-refractivity contribution in [3.63, 3.8) is 0 Å². The van der Waals surface area contributed by atoms with E-state index < -0.39 is 11.7 Å². The van der Waals surface area contributed by atoms with Gasteiger partial charge in [0, 0.05) is 5.39 Å². The number of thiophene rings is 1. The zero-order valence-corrected chi connectivity index (χ0v) is 12.3. The number of carbonyl (C=O) groups is 1. The molecule has 6 heteroatoms. The van der Waals surface area contributed by atoms with Crippen LogP contribution in [0.4, 0.5) is 10.7 Å². The number of amides is 1. The highest BCUT2D eigenvalue weighted by Gasteiger charge is 2.30. The van der Waals surface area contributed by atoms with Crippen LogP contribution in [0.25, 0.3) is 21.2 Å². The van der Waals surface area contributed by atoms with Gasteiger partial charge in [-0.1, -0.05) is 30.3 Å². The number of carbonyl (C=O) groups excluding carboxylic acids is 1. The Morgan fingerprint density at radius 1 is 1.09 bits per heavy atom. The molecule has 0 N–H and O–H groups in total. The Bertz CT molecular complexity index is 913. The Hall–Kier alpha value is -2.60. The molecule has 1 amide bonds. The maximum Gasteiger partial charge on any atom is 0.416 e. The Morgan fingerprint density at radius 2 is 1.91 bits per heavy atom. The summed E-state index contributed by atoms with van der Waals surface area (Å²) in [6, 6.07) is 11.5. The lowest BCUT2D eigenvalue weighted by molar-refractivity contribution is 0.180. The molecule has 0 unspecified atom stereocenters. The highest BCUT2D eigenvalue weighted by molar-refractivity contribution is 7.17. The molecular weight excluding hydrogens is 302 g/mol. The quantitative estimate of drug-likeness (QED) is 0.727. The van der Waals surface area contributed by atoms with Crippen LogP contribution >= 0.6 is 11.3 Å². The lowest BCUT2D eigenvalue weighted by Gasteiger charge is -2.16. The smallest absolute Gasteiger partial charge is 0.416 e. The van der Waals surface area contributed by atoms with Gasteiger partial charge in [0.05, 0.1) is 12.1 Å². The van der Waals surface area contributed by atoms with Gasteiger partial charge in [0.2, 0.25) is 5.88 Å². The fourth-order valence-electron chi connectivity index (χ4n) is 2.62. The third kappa shape index (κ3) is 1.92. The number of fused-ring (bicyclic) bond motifs is 1. The Balaban J connectivity index is 2.07. The molecule has 3 aromatic rings. The van der Waals surface area contributed by atoms with Crippen LogP contribution in [-0.4, -0.2) is 19.2 Å². The number of cyclic esters (lactones) is 1. The van der Waals surface area contributed by atoms with E-state index in [0.29, 0.717) is 17.9 Å². The van der Waals surface area contributed by atoms with Gasteiger partial charge in [-0.05, 0) is 17.0 Å². The molecule has 110 valence electrons. The number of rotatable bonds is 2. The molecule has 0 spiro atoms. The Kier molecular flexibility index (Phi) is 2.97. The van der Waals surface area contributed by atoms with Crippen molar-refractivity contribution in [2.45, 2.75) is 0 Å². The van der Waals surface area contributed by atoms with Crippen molar-refractivity contribution in [3.8, 4) is 11.1 Å². The molecule has 1 aromatic carbocycles. The SMILES string of the molecule is O=C1OCCN1c1oc(=O)c2sccc2c1-c1ccccc1. The summed E-state index contributed by atoms with van der Waals surface area (Å²) < 4.78 is 11.0. The first-order chi connectivity index (χ1) is 10.8. The monoisotopic (exact) mass is 313 g/mol. The summed E-state index contributed by atoms with van der Waals surface area (Å²) in [5.74, 6) is 0.254. The Labute approximate surface area is 129 Å². The molecular formula is C16H11NO4S. The van der Waals surface area contributed by atoms with E-state index in [1.807, 2.05) is 41.8 Å². The minimum atomic E-state index is -0.491. The molecule has 1 fully saturated rings.